The van der Waals surface area contributed by atoms with Gasteiger partial charge in [-0.2, -0.15) is 0 Å². The highest BCUT2D eigenvalue weighted by molar-refractivity contribution is 6.62. The van der Waals surface area contributed by atoms with E-state index >= 15 is 0 Å². The molecular formula is C44H35BO2. The lowest BCUT2D eigenvalue weighted by Gasteiger charge is -2.49. The molecule has 1 fully saturated rings. The first-order chi connectivity index (χ1) is 22.8. The fraction of sp³-hybridized carbons (Fsp3) is 0.182. The van der Waals surface area contributed by atoms with Gasteiger partial charge in [0.1, 0.15) is 0 Å². The number of benzene rings is 6. The molecule has 0 atom stereocenters. The van der Waals surface area contributed by atoms with Crippen molar-refractivity contribution in [1.82, 2.24) is 0 Å². The summed E-state index contributed by atoms with van der Waals surface area (Å²) >= 11 is 0. The van der Waals surface area contributed by atoms with Crippen molar-refractivity contribution in [2.24, 2.45) is 0 Å². The predicted octanol–water partition coefficient (Wildman–Crippen LogP) is 9.03. The minimum Gasteiger partial charge on any atom is -0.399 e. The number of hydrogen-bond donors (Lipinski definition) is 0. The molecule has 0 amide bonds. The van der Waals surface area contributed by atoms with Crippen molar-refractivity contribution < 1.29 is 9.31 Å². The number of rotatable bonds is 1. The lowest BCUT2D eigenvalue weighted by molar-refractivity contribution is 0.00578. The summed E-state index contributed by atoms with van der Waals surface area (Å²) in [6, 6.07) is 52.5. The van der Waals surface area contributed by atoms with Gasteiger partial charge >= 0.3 is 7.12 Å². The van der Waals surface area contributed by atoms with Crippen LogP contribution in [0, 0.1) is 0 Å². The van der Waals surface area contributed by atoms with E-state index < -0.39 is 29.2 Å². The van der Waals surface area contributed by atoms with E-state index in [2.05, 4.69) is 167 Å². The van der Waals surface area contributed by atoms with Crippen LogP contribution in [-0.2, 0) is 20.1 Å². The van der Waals surface area contributed by atoms with Crippen LogP contribution >= 0.6 is 0 Å². The van der Waals surface area contributed by atoms with Gasteiger partial charge in [0.05, 0.1) is 22.0 Å². The molecular weight excluding hydrogens is 571 g/mol. The molecule has 0 saturated carbocycles. The maximum atomic E-state index is 6.71. The molecule has 2 spiro atoms. The Balaban J connectivity index is 1.38. The van der Waals surface area contributed by atoms with Gasteiger partial charge in [-0.3, -0.25) is 0 Å². The lowest BCUT2D eigenvalue weighted by Crippen LogP contribution is -2.45. The van der Waals surface area contributed by atoms with Gasteiger partial charge in [0.15, 0.2) is 0 Å². The number of hydrogen-bond acceptors (Lipinski definition) is 2. The van der Waals surface area contributed by atoms with Crippen molar-refractivity contribution in [2.75, 3.05) is 0 Å². The Morgan fingerprint density at radius 3 is 1.09 bits per heavy atom. The Morgan fingerprint density at radius 2 is 0.681 bits per heavy atom. The quantitative estimate of drug-likeness (QED) is 0.174. The molecule has 0 bridgehead atoms. The van der Waals surface area contributed by atoms with Gasteiger partial charge in [-0.1, -0.05) is 140 Å². The van der Waals surface area contributed by atoms with E-state index in [1.807, 2.05) is 0 Å². The van der Waals surface area contributed by atoms with E-state index in [1.54, 1.807) is 0 Å². The van der Waals surface area contributed by atoms with E-state index in [4.69, 9.17) is 9.31 Å². The normalized spacial score (nSPS) is 19.1. The van der Waals surface area contributed by atoms with Gasteiger partial charge in [0.25, 0.3) is 0 Å². The minimum atomic E-state index is -0.517. The SMILES string of the molecule is CC1(C)OB(c2ccc3c(c2)C2(c4ccccc4-c4ccccc42)c2ccccc2C32c3ccccc3-c3ccccc32)OC1(C)C. The van der Waals surface area contributed by atoms with Gasteiger partial charge in [0, 0.05) is 0 Å². The first-order valence-corrected chi connectivity index (χ1v) is 16.8. The third-order valence-electron chi connectivity index (χ3n) is 12.0. The van der Waals surface area contributed by atoms with Gasteiger partial charge in [-0.25, -0.2) is 0 Å². The smallest absolute Gasteiger partial charge is 0.399 e. The van der Waals surface area contributed by atoms with Crippen molar-refractivity contribution >= 4 is 12.6 Å². The average Bonchev–Trinajstić information content (AvgIpc) is 3.64. The van der Waals surface area contributed by atoms with Crippen molar-refractivity contribution in [3.8, 4) is 22.3 Å². The topological polar surface area (TPSA) is 18.5 Å². The molecule has 0 unspecified atom stereocenters. The van der Waals surface area contributed by atoms with Crippen molar-refractivity contribution in [1.29, 1.82) is 0 Å². The molecule has 0 aromatic heterocycles. The van der Waals surface area contributed by atoms with E-state index in [0.717, 1.165) is 5.46 Å². The van der Waals surface area contributed by atoms with Crippen LogP contribution in [0.3, 0.4) is 0 Å². The second-order valence-corrected chi connectivity index (χ2v) is 14.6. The van der Waals surface area contributed by atoms with Crippen LogP contribution in [0.15, 0.2) is 140 Å². The fourth-order valence-electron chi connectivity index (χ4n) is 9.38. The number of fused-ring (bicyclic) bond motifs is 16. The van der Waals surface area contributed by atoms with E-state index in [-0.39, 0.29) is 0 Å². The highest BCUT2D eigenvalue weighted by atomic mass is 16.7. The summed E-state index contributed by atoms with van der Waals surface area (Å²) in [7, 11) is -0.467. The van der Waals surface area contributed by atoms with E-state index in [9.17, 15) is 0 Å². The van der Waals surface area contributed by atoms with Crippen molar-refractivity contribution in [3.63, 3.8) is 0 Å². The molecule has 2 nitrogen and oxygen atoms in total. The van der Waals surface area contributed by atoms with Crippen LogP contribution in [-0.4, -0.2) is 18.3 Å². The Hall–Kier alpha value is -4.70. The first kappa shape index (κ1) is 27.4. The molecule has 10 rings (SSSR count). The third kappa shape index (κ3) is 3.15. The summed E-state index contributed by atoms with van der Waals surface area (Å²) in [6.45, 7) is 8.53. The van der Waals surface area contributed by atoms with Gasteiger partial charge in [0.2, 0.25) is 0 Å². The van der Waals surface area contributed by atoms with Crippen LogP contribution in [0.5, 0.6) is 0 Å². The largest absolute Gasteiger partial charge is 0.494 e. The average molecular weight is 607 g/mol. The van der Waals surface area contributed by atoms with Gasteiger partial charge in [-0.15, -0.1) is 0 Å². The molecule has 1 aliphatic heterocycles. The second-order valence-electron chi connectivity index (χ2n) is 14.6. The molecule has 47 heavy (non-hydrogen) atoms. The van der Waals surface area contributed by atoms with Crippen LogP contribution < -0.4 is 5.46 Å². The standard InChI is InChI=1S/C44H35BO2/c1-41(2)42(3,4)47-45(46-41)28-25-26-39-40(27-28)44(35-21-11-7-17-31(35)32-18-8-12-22-36(32)44)38-24-14-13-23-37(38)43(39)33-19-9-5-15-29(33)30-16-6-10-20-34(30)43/h5-27H,1-4H3. The molecule has 226 valence electrons. The summed E-state index contributed by atoms with van der Waals surface area (Å²) in [5.41, 5.74) is 15.0. The molecule has 6 aromatic rings. The van der Waals surface area contributed by atoms with Crippen LogP contribution in [0.4, 0.5) is 0 Å². The summed E-state index contributed by atoms with van der Waals surface area (Å²) in [6.07, 6.45) is 0. The zero-order chi connectivity index (χ0) is 31.8. The molecule has 0 radical (unpaired) electrons. The summed E-state index contributed by atoms with van der Waals surface area (Å²) < 4.78 is 13.4. The summed E-state index contributed by atoms with van der Waals surface area (Å²) in [5, 5.41) is 0. The zero-order valence-corrected chi connectivity index (χ0v) is 27.2. The molecule has 1 saturated heterocycles. The fourth-order valence-corrected chi connectivity index (χ4v) is 9.38. The van der Waals surface area contributed by atoms with Crippen molar-refractivity contribution in [2.45, 2.75) is 49.7 Å². The highest BCUT2D eigenvalue weighted by Gasteiger charge is 2.59. The lowest BCUT2D eigenvalue weighted by atomic mass is 9.51. The summed E-state index contributed by atoms with van der Waals surface area (Å²) in [4.78, 5) is 0. The Morgan fingerprint density at radius 1 is 0.362 bits per heavy atom. The van der Waals surface area contributed by atoms with Crippen LogP contribution in [0.2, 0.25) is 0 Å². The second kappa shape index (κ2) is 9.01. The molecule has 4 aliphatic rings. The third-order valence-corrected chi connectivity index (χ3v) is 12.0. The Bertz CT molecular complexity index is 2190. The van der Waals surface area contributed by atoms with Gasteiger partial charge < -0.3 is 9.31 Å². The minimum absolute atomic E-state index is 0.436. The van der Waals surface area contributed by atoms with Crippen LogP contribution in [0.1, 0.15) is 72.2 Å². The maximum Gasteiger partial charge on any atom is 0.494 e. The highest BCUT2D eigenvalue weighted by Crippen LogP contribution is 2.67. The molecule has 0 N–H and O–H groups in total. The summed E-state index contributed by atoms with van der Waals surface area (Å²) in [5.74, 6) is 0. The Labute approximate surface area is 277 Å². The molecule has 3 aliphatic carbocycles. The predicted molar refractivity (Wildman–Crippen MR) is 190 cm³/mol. The molecule has 6 aromatic carbocycles. The maximum absolute atomic E-state index is 6.71. The molecule has 1 heterocycles. The Kier molecular flexibility index (Phi) is 5.26. The van der Waals surface area contributed by atoms with Crippen LogP contribution in [0.25, 0.3) is 22.3 Å². The van der Waals surface area contributed by atoms with Gasteiger partial charge in [-0.05, 0) is 99.9 Å². The molecule has 3 heteroatoms. The monoisotopic (exact) mass is 606 g/mol. The van der Waals surface area contributed by atoms with Crippen molar-refractivity contribution in [3.05, 3.63) is 184 Å². The van der Waals surface area contributed by atoms with E-state index in [1.165, 1.54) is 66.8 Å². The first-order valence-electron chi connectivity index (χ1n) is 16.8. The van der Waals surface area contributed by atoms with E-state index in [0.29, 0.717) is 0 Å². The zero-order valence-electron chi connectivity index (χ0n) is 27.2.